The van der Waals surface area contributed by atoms with Crippen molar-refractivity contribution in [1.29, 1.82) is 0 Å². The van der Waals surface area contributed by atoms with E-state index in [0.29, 0.717) is 0 Å². The van der Waals surface area contributed by atoms with Gasteiger partial charge in [0, 0.05) is 19.2 Å². The zero-order valence-corrected chi connectivity index (χ0v) is 21.7. The van der Waals surface area contributed by atoms with Gasteiger partial charge in [-0.2, -0.15) is 4.31 Å². The van der Waals surface area contributed by atoms with Gasteiger partial charge in [0.05, 0.1) is 24.5 Å². The molecule has 9 nitrogen and oxygen atoms in total. The fraction of sp³-hybridized carbons (Fsp3) is 0.370. The summed E-state index contributed by atoms with van der Waals surface area (Å²) >= 11 is 0. The highest BCUT2D eigenvalue weighted by Gasteiger charge is 2.40. The average Bonchev–Trinajstić information content (AvgIpc) is 2.88. The van der Waals surface area contributed by atoms with Crippen LogP contribution in [0, 0.1) is 6.92 Å². The number of hydrogen-bond donors (Lipinski definition) is 2. The molecular formula is C27H31N3O6S. The molecule has 1 fully saturated rings. The number of methoxy groups -OCH3 is 1. The SMILES string of the molecule is COC(=O)C=Cc1ccc2c(c1)CCC[C@H]2NC(=O)C[C@@H]1C(=O)NCCN1S(=O)(=O)c1ccc(C)cc1. The molecule has 10 heteroatoms. The molecule has 0 bridgehead atoms. The van der Waals surface area contributed by atoms with Crippen molar-refractivity contribution in [3.05, 3.63) is 70.8 Å². The van der Waals surface area contributed by atoms with Crippen LogP contribution in [0.25, 0.3) is 6.08 Å². The minimum Gasteiger partial charge on any atom is -0.466 e. The molecule has 1 heterocycles. The lowest BCUT2D eigenvalue weighted by Gasteiger charge is -2.34. The second-order valence-corrected chi connectivity index (χ2v) is 11.2. The van der Waals surface area contributed by atoms with Gasteiger partial charge in [-0.05, 0) is 61.1 Å². The number of rotatable bonds is 7. The molecule has 0 saturated carbocycles. The third-order valence-electron chi connectivity index (χ3n) is 6.72. The van der Waals surface area contributed by atoms with Crippen LogP contribution in [-0.2, 0) is 35.6 Å². The molecule has 2 atom stereocenters. The van der Waals surface area contributed by atoms with Gasteiger partial charge in [-0.3, -0.25) is 9.59 Å². The Morgan fingerprint density at radius 2 is 1.95 bits per heavy atom. The summed E-state index contributed by atoms with van der Waals surface area (Å²) in [7, 11) is -2.63. The number of carbonyl (C=O) groups is 3. The summed E-state index contributed by atoms with van der Waals surface area (Å²) < 4.78 is 32.4. The second kappa shape index (κ2) is 11.3. The standard InChI is InChI=1S/C27H31N3O6S/c1-18-6-10-21(11-7-18)37(34,35)30-15-14-28-27(33)24(30)17-25(31)29-23-5-3-4-20-16-19(8-12-22(20)23)9-13-26(32)36-2/h6-13,16,23-24H,3-5,14-15,17H2,1-2H3,(H,28,33)(H,29,31)/t23-,24-/m1/s1. The number of ether oxygens (including phenoxy) is 1. The first kappa shape index (κ1) is 26.6. The van der Waals surface area contributed by atoms with Gasteiger partial charge in [0.15, 0.2) is 0 Å². The van der Waals surface area contributed by atoms with Gasteiger partial charge < -0.3 is 15.4 Å². The van der Waals surface area contributed by atoms with Gasteiger partial charge in [-0.15, -0.1) is 0 Å². The van der Waals surface area contributed by atoms with E-state index in [0.717, 1.165) is 45.8 Å². The first-order valence-electron chi connectivity index (χ1n) is 12.2. The Kier molecular flexibility index (Phi) is 8.09. The van der Waals surface area contributed by atoms with Crippen LogP contribution in [0.1, 0.15) is 47.6 Å². The predicted molar refractivity (Wildman–Crippen MR) is 138 cm³/mol. The lowest BCUT2D eigenvalue weighted by molar-refractivity contribution is -0.134. The lowest BCUT2D eigenvalue weighted by Crippen LogP contribution is -2.58. The highest BCUT2D eigenvalue weighted by atomic mass is 32.2. The Morgan fingerprint density at radius 1 is 1.19 bits per heavy atom. The molecule has 4 rings (SSSR count). The van der Waals surface area contributed by atoms with Gasteiger partial charge in [0.2, 0.25) is 21.8 Å². The summed E-state index contributed by atoms with van der Waals surface area (Å²) in [5.41, 5.74) is 3.83. The number of amides is 2. The highest BCUT2D eigenvalue weighted by molar-refractivity contribution is 7.89. The number of hydrogen-bond acceptors (Lipinski definition) is 6. The third kappa shape index (κ3) is 6.08. The zero-order valence-electron chi connectivity index (χ0n) is 20.9. The van der Waals surface area contributed by atoms with E-state index >= 15 is 0 Å². The molecule has 0 unspecified atom stereocenters. The second-order valence-electron chi connectivity index (χ2n) is 9.27. The normalized spacial score (nSPS) is 20.2. The van der Waals surface area contributed by atoms with E-state index in [1.54, 1.807) is 18.2 Å². The summed E-state index contributed by atoms with van der Waals surface area (Å²) in [5, 5.41) is 5.69. The molecule has 0 radical (unpaired) electrons. The van der Waals surface area contributed by atoms with E-state index in [4.69, 9.17) is 0 Å². The van der Waals surface area contributed by atoms with Crippen LogP contribution in [0.3, 0.4) is 0 Å². The van der Waals surface area contributed by atoms with Gasteiger partial charge >= 0.3 is 5.97 Å². The van der Waals surface area contributed by atoms with Crippen LogP contribution >= 0.6 is 0 Å². The Morgan fingerprint density at radius 3 is 2.68 bits per heavy atom. The molecule has 2 aromatic rings. The number of sulfonamides is 1. The molecule has 2 aliphatic rings. The maximum atomic E-state index is 13.3. The zero-order chi connectivity index (χ0) is 26.6. The molecule has 2 amide bonds. The number of aryl methyl sites for hydroxylation is 2. The molecule has 1 aliphatic heterocycles. The van der Waals surface area contributed by atoms with E-state index in [1.165, 1.54) is 25.3 Å². The monoisotopic (exact) mass is 525 g/mol. The maximum absolute atomic E-state index is 13.3. The van der Waals surface area contributed by atoms with Crippen LogP contribution < -0.4 is 10.6 Å². The Balaban J connectivity index is 1.49. The van der Waals surface area contributed by atoms with Crippen LogP contribution in [0.15, 0.2) is 53.4 Å². The van der Waals surface area contributed by atoms with Crippen molar-refractivity contribution in [1.82, 2.24) is 14.9 Å². The molecule has 1 aliphatic carbocycles. The van der Waals surface area contributed by atoms with Gasteiger partial charge in [-0.1, -0.05) is 35.9 Å². The van der Waals surface area contributed by atoms with E-state index in [9.17, 15) is 22.8 Å². The van der Waals surface area contributed by atoms with E-state index in [-0.39, 0.29) is 30.4 Å². The number of nitrogens with zero attached hydrogens (tertiary/aromatic N) is 1. The minimum atomic E-state index is -3.95. The lowest BCUT2D eigenvalue weighted by atomic mass is 9.86. The van der Waals surface area contributed by atoms with E-state index in [1.807, 2.05) is 25.1 Å². The Bertz CT molecular complexity index is 1320. The van der Waals surface area contributed by atoms with Crippen molar-refractivity contribution in [2.24, 2.45) is 0 Å². The minimum absolute atomic E-state index is 0.0913. The van der Waals surface area contributed by atoms with Crippen molar-refractivity contribution >= 4 is 33.9 Å². The number of nitrogens with one attached hydrogen (secondary N) is 2. The largest absolute Gasteiger partial charge is 0.466 e. The van der Waals surface area contributed by atoms with Crippen molar-refractivity contribution < 1.29 is 27.5 Å². The van der Waals surface area contributed by atoms with Crippen LogP contribution in [-0.4, -0.2) is 56.7 Å². The summed E-state index contributed by atoms with van der Waals surface area (Å²) in [5.74, 6) is -1.31. The van der Waals surface area contributed by atoms with Gasteiger partial charge in [-0.25, -0.2) is 13.2 Å². The highest BCUT2D eigenvalue weighted by Crippen LogP contribution is 2.31. The number of benzene rings is 2. The van der Waals surface area contributed by atoms with E-state index in [2.05, 4.69) is 15.4 Å². The van der Waals surface area contributed by atoms with Crippen LogP contribution in [0.5, 0.6) is 0 Å². The summed E-state index contributed by atoms with van der Waals surface area (Å²) in [6.07, 6.45) is 5.20. The van der Waals surface area contributed by atoms with Crippen molar-refractivity contribution in [2.75, 3.05) is 20.2 Å². The summed E-state index contributed by atoms with van der Waals surface area (Å²) in [4.78, 5) is 37.3. The Labute approximate surface area is 216 Å². The van der Waals surface area contributed by atoms with Crippen molar-refractivity contribution in [3.8, 4) is 0 Å². The number of fused-ring (bicyclic) bond motifs is 1. The smallest absolute Gasteiger partial charge is 0.330 e. The Hall–Kier alpha value is -3.50. The van der Waals surface area contributed by atoms with Crippen LogP contribution in [0.4, 0.5) is 0 Å². The topological polar surface area (TPSA) is 122 Å². The molecular weight excluding hydrogens is 494 g/mol. The van der Waals surface area contributed by atoms with Crippen LogP contribution in [0.2, 0.25) is 0 Å². The fourth-order valence-corrected chi connectivity index (χ4v) is 6.36. The molecule has 37 heavy (non-hydrogen) atoms. The number of esters is 1. The summed E-state index contributed by atoms with van der Waals surface area (Å²) in [6, 6.07) is 10.8. The van der Waals surface area contributed by atoms with E-state index < -0.39 is 33.8 Å². The molecule has 2 N–H and O–H groups in total. The third-order valence-corrected chi connectivity index (χ3v) is 8.64. The first-order valence-corrected chi connectivity index (χ1v) is 13.7. The quantitative estimate of drug-likeness (QED) is 0.423. The molecule has 1 saturated heterocycles. The molecule has 0 spiro atoms. The van der Waals surface area contributed by atoms with Crippen molar-refractivity contribution in [3.63, 3.8) is 0 Å². The summed E-state index contributed by atoms with van der Waals surface area (Å²) in [6.45, 7) is 2.14. The fourth-order valence-electron chi connectivity index (χ4n) is 4.77. The molecule has 0 aromatic heterocycles. The van der Waals surface area contributed by atoms with Gasteiger partial charge in [0.25, 0.3) is 0 Å². The molecule has 2 aromatic carbocycles. The maximum Gasteiger partial charge on any atom is 0.330 e. The number of piperazine rings is 1. The molecule has 196 valence electrons. The van der Waals surface area contributed by atoms with Crippen molar-refractivity contribution in [2.45, 2.75) is 49.6 Å². The predicted octanol–water partition coefficient (Wildman–Crippen LogP) is 2.25. The van der Waals surface area contributed by atoms with Gasteiger partial charge in [0.1, 0.15) is 6.04 Å². The first-order chi connectivity index (χ1) is 17.7. The average molecular weight is 526 g/mol. The number of carbonyl (C=O) groups excluding carboxylic acids is 3.